The second-order valence-electron chi connectivity index (χ2n) is 5.09. The minimum Gasteiger partial charge on any atom is -0.376 e. The Morgan fingerprint density at radius 1 is 1.63 bits per heavy atom. The molecule has 0 radical (unpaired) electrons. The SMILES string of the molecule is O=C(Nc1cnn(CC2CCCO2)c1)C1CC1(Cl)Cl. The fourth-order valence-corrected chi connectivity index (χ4v) is 2.76. The topological polar surface area (TPSA) is 56.2 Å². The van der Waals surface area contributed by atoms with Crippen molar-refractivity contribution in [3.8, 4) is 0 Å². The fourth-order valence-electron chi connectivity index (χ4n) is 2.25. The van der Waals surface area contributed by atoms with Crippen LogP contribution in [0, 0.1) is 5.92 Å². The molecule has 3 rings (SSSR count). The molecule has 19 heavy (non-hydrogen) atoms. The van der Waals surface area contributed by atoms with E-state index >= 15 is 0 Å². The summed E-state index contributed by atoms with van der Waals surface area (Å²) in [5.74, 6) is -0.473. The lowest BCUT2D eigenvalue weighted by atomic mass is 10.2. The van der Waals surface area contributed by atoms with E-state index in [1.165, 1.54) is 0 Å². The van der Waals surface area contributed by atoms with Gasteiger partial charge < -0.3 is 10.1 Å². The number of amides is 1. The number of nitrogens with one attached hydrogen (secondary N) is 1. The van der Waals surface area contributed by atoms with E-state index in [0.717, 1.165) is 19.4 Å². The predicted molar refractivity (Wildman–Crippen MR) is 72.4 cm³/mol. The minimum absolute atomic E-state index is 0.151. The Morgan fingerprint density at radius 3 is 3.05 bits per heavy atom. The third kappa shape index (κ3) is 3.04. The molecule has 1 amide bonds. The highest BCUT2D eigenvalue weighted by molar-refractivity contribution is 6.52. The maximum Gasteiger partial charge on any atom is 0.230 e. The Bertz CT molecular complexity index is 483. The lowest BCUT2D eigenvalue weighted by Crippen LogP contribution is -2.17. The number of carbonyl (C=O) groups is 1. The smallest absolute Gasteiger partial charge is 0.230 e. The highest BCUT2D eigenvalue weighted by Gasteiger charge is 2.56. The van der Waals surface area contributed by atoms with Crippen LogP contribution in [-0.4, -0.2) is 32.7 Å². The first-order valence-corrected chi connectivity index (χ1v) is 7.13. The van der Waals surface area contributed by atoms with Crippen LogP contribution in [0.15, 0.2) is 12.4 Å². The van der Waals surface area contributed by atoms with E-state index in [0.29, 0.717) is 18.7 Å². The Kier molecular flexibility index (Phi) is 3.45. The molecule has 104 valence electrons. The van der Waals surface area contributed by atoms with Gasteiger partial charge in [-0.2, -0.15) is 5.10 Å². The summed E-state index contributed by atoms with van der Waals surface area (Å²) in [6, 6.07) is 0. The molecule has 1 saturated heterocycles. The summed E-state index contributed by atoms with van der Waals surface area (Å²) in [4.78, 5) is 11.8. The van der Waals surface area contributed by atoms with Crippen molar-refractivity contribution in [1.29, 1.82) is 0 Å². The third-order valence-electron chi connectivity index (χ3n) is 3.46. The van der Waals surface area contributed by atoms with Crippen LogP contribution in [0.5, 0.6) is 0 Å². The van der Waals surface area contributed by atoms with Crippen LogP contribution < -0.4 is 5.32 Å². The van der Waals surface area contributed by atoms with Crippen molar-refractivity contribution in [2.75, 3.05) is 11.9 Å². The predicted octanol–water partition coefficient (Wildman–Crippen LogP) is 2.19. The highest BCUT2D eigenvalue weighted by Crippen LogP contribution is 2.53. The largest absolute Gasteiger partial charge is 0.376 e. The van der Waals surface area contributed by atoms with Gasteiger partial charge in [-0.3, -0.25) is 9.48 Å². The van der Waals surface area contributed by atoms with Gasteiger partial charge in [0.1, 0.15) is 4.33 Å². The minimum atomic E-state index is -0.891. The first-order chi connectivity index (χ1) is 9.04. The van der Waals surface area contributed by atoms with Crippen molar-refractivity contribution in [3.05, 3.63) is 12.4 Å². The van der Waals surface area contributed by atoms with E-state index in [1.807, 2.05) is 0 Å². The molecule has 2 atom stereocenters. The molecule has 1 N–H and O–H groups in total. The van der Waals surface area contributed by atoms with Crippen molar-refractivity contribution in [2.45, 2.75) is 36.2 Å². The number of hydrogen-bond acceptors (Lipinski definition) is 3. The molecule has 0 aromatic carbocycles. The molecule has 2 aliphatic rings. The van der Waals surface area contributed by atoms with Gasteiger partial charge in [-0.15, -0.1) is 23.2 Å². The molecule has 1 aromatic heterocycles. The summed E-state index contributed by atoms with van der Waals surface area (Å²) in [6.07, 6.45) is 6.32. The molecular formula is C12H15Cl2N3O2. The zero-order valence-electron chi connectivity index (χ0n) is 10.3. The van der Waals surface area contributed by atoms with Crippen LogP contribution >= 0.6 is 23.2 Å². The quantitative estimate of drug-likeness (QED) is 0.868. The van der Waals surface area contributed by atoms with Gasteiger partial charge in [0.05, 0.1) is 30.5 Å². The normalized spacial score (nSPS) is 28.3. The number of nitrogens with zero attached hydrogens (tertiary/aromatic N) is 2. The first-order valence-electron chi connectivity index (χ1n) is 6.37. The lowest BCUT2D eigenvalue weighted by molar-refractivity contribution is -0.117. The summed E-state index contributed by atoms with van der Waals surface area (Å²) >= 11 is 11.7. The van der Waals surface area contributed by atoms with Crippen molar-refractivity contribution in [3.63, 3.8) is 0 Å². The maximum atomic E-state index is 11.8. The zero-order valence-corrected chi connectivity index (χ0v) is 11.8. The van der Waals surface area contributed by atoms with Gasteiger partial charge in [0.25, 0.3) is 0 Å². The summed E-state index contributed by atoms with van der Waals surface area (Å²) in [5.41, 5.74) is 0.666. The van der Waals surface area contributed by atoms with E-state index < -0.39 is 4.33 Å². The summed E-state index contributed by atoms with van der Waals surface area (Å²) in [6.45, 7) is 1.54. The van der Waals surface area contributed by atoms with Gasteiger partial charge in [0, 0.05) is 12.8 Å². The maximum absolute atomic E-state index is 11.8. The Labute approximate surface area is 121 Å². The van der Waals surface area contributed by atoms with Gasteiger partial charge in [0.2, 0.25) is 5.91 Å². The van der Waals surface area contributed by atoms with Crippen LogP contribution in [0.4, 0.5) is 5.69 Å². The molecule has 0 spiro atoms. The Balaban J connectivity index is 1.54. The molecule has 1 aliphatic heterocycles. The molecule has 1 saturated carbocycles. The number of carbonyl (C=O) groups excluding carboxylic acids is 1. The Morgan fingerprint density at radius 2 is 2.42 bits per heavy atom. The Hall–Kier alpha value is -0.780. The molecule has 7 heteroatoms. The highest BCUT2D eigenvalue weighted by atomic mass is 35.5. The summed E-state index contributed by atoms with van der Waals surface area (Å²) in [7, 11) is 0. The van der Waals surface area contributed by atoms with Gasteiger partial charge in [-0.25, -0.2) is 0 Å². The van der Waals surface area contributed by atoms with Crippen LogP contribution in [0.3, 0.4) is 0 Å². The number of halogens is 2. The van der Waals surface area contributed by atoms with E-state index in [9.17, 15) is 4.79 Å². The van der Waals surface area contributed by atoms with Crippen LogP contribution in [0.2, 0.25) is 0 Å². The third-order valence-corrected chi connectivity index (χ3v) is 4.29. The number of aromatic nitrogens is 2. The molecule has 0 bridgehead atoms. The van der Waals surface area contributed by atoms with Gasteiger partial charge in [0.15, 0.2) is 0 Å². The summed E-state index contributed by atoms with van der Waals surface area (Å²) < 4.78 is 6.43. The molecule has 2 fully saturated rings. The number of alkyl halides is 2. The van der Waals surface area contributed by atoms with Crippen molar-refractivity contribution >= 4 is 34.8 Å². The van der Waals surface area contributed by atoms with E-state index in [4.69, 9.17) is 27.9 Å². The number of anilines is 1. The van der Waals surface area contributed by atoms with Gasteiger partial charge >= 0.3 is 0 Å². The fraction of sp³-hybridized carbons (Fsp3) is 0.667. The van der Waals surface area contributed by atoms with Crippen molar-refractivity contribution in [1.82, 2.24) is 9.78 Å². The van der Waals surface area contributed by atoms with E-state index in [2.05, 4.69) is 10.4 Å². The number of rotatable bonds is 4. The average Bonchev–Trinajstić information content (AvgIpc) is 2.79. The standard InChI is InChI=1S/C12H15Cl2N3O2/c13-12(14)4-10(12)11(18)16-8-5-15-17(6-8)7-9-2-1-3-19-9/h5-6,9-10H,1-4,7H2,(H,16,18). The number of hydrogen-bond donors (Lipinski definition) is 1. The molecular weight excluding hydrogens is 289 g/mol. The molecule has 2 heterocycles. The van der Waals surface area contributed by atoms with E-state index in [-0.39, 0.29) is 17.9 Å². The van der Waals surface area contributed by atoms with Gasteiger partial charge in [-0.05, 0) is 19.3 Å². The van der Waals surface area contributed by atoms with E-state index in [1.54, 1.807) is 17.1 Å². The van der Waals surface area contributed by atoms with Crippen LogP contribution in [0.25, 0.3) is 0 Å². The molecule has 5 nitrogen and oxygen atoms in total. The average molecular weight is 304 g/mol. The van der Waals surface area contributed by atoms with Crippen molar-refractivity contribution < 1.29 is 9.53 Å². The van der Waals surface area contributed by atoms with Crippen LogP contribution in [-0.2, 0) is 16.1 Å². The molecule has 1 aromatic rings. The zero-order chi connectivity index (χ0) is 13.5. The monoisotopic (exact) mass is 303 g/mol. The van der Waals surface area contributed by atoms with Crippen molar-refractivity contribution in [2.24, 2.45) is 5.92 Å². The summed E-state index contributed by atoms with van der Waals surface area (Å²) in [5, 5.41) is 6.98. The second-order valence-corrected chi connectivity index (χ2v) is 6.64. The molecule has 2 unspecified atom stereocenters. The second kappa shape index (κ2) is 4.96. The van der Waals surface area contributed by atoms with Gasteiger partial charge in [-0.1, -0.05) is 0 Å². The lowest BCUT2D eigenvalue weighted by Gasteiger charge is -2.08. The van der Waals surface area contributed by atoms with Crippen LogP contribution in [0.1, 0.15) is 19.3 Å². The molecule has 1 aliphatic carbocycles. The number of ether oxygens (including phenoxy) is 1. The first kappa shape index (κ1) is 13.2.